The number of aryl methyl sites for hydroxylation is 1. The van der Waals surface area contributed by atoms with Crippen LogP contribution in [-0.4, -0.2) is 26.7 Å². The second-order valence-corrected chi connectivity index (χ2v) is 8.24. The van der Waals surface area contributed by atoms with Gasteiger partial charge in [-0.1, -0.05) is 17.7 Å². The molecular formula is C21H25N5O. The highest BCUT2D eigenvalue weighted by molar-refractivity contribution is 6.04. The van der Waals surface area contributed by atoms with Gasteiger partial charge < -0.3 is 10.6 Å². The second-order valence-electron chi connectivity index (χ2n) is 8.24. The summed E-state index contributed by atoms with van der Waals surface area (Å²) in [7, 11) is 0. The van der Waals surface area contributed by atoms with E-state index in [1.54, 1.807) is 0 Å². The molecule has 4 rings (SSSR count). The molecular weight excluding hydrogens is 338 g/mol. The van der Waals surface area contributed by atoms with Gasteiger partial charge in [-0.3, -0.25) is 4.79 Å². The average molecular weight is 363 g/mol. The number of amides is 1. The first-order chi connectivity index (χ1) is 12.8. The number of pyridine rings is 1. The van der Waals surface area contributed by atoms with Crippen molar-refractivity contribution in [3.63, 3.8) is 0 Å². The quantitative estimate of drug-likeness (QED) is 0.731. The molecule has 1 aliphatic carbocycles. The molecule has 1 aliphatic rings. The van der Waals surface area contributed by atoms with Crippen LogP contribution in [0.15, 0.2) is 36.4 Å². The highest BCUT2D eigenvalue weighted by atomic mass is 16.2. The Labute approximate surface area is 159 Å². The average Bonchev–Trinajstić information content (AvgIpc) is 3.32. The summed E-state index contributed by atoms with van der Waals surface area (Å²) in [6.07, 6.45) is 2.10. The smallest absolute Gasteiger partial charge is 0.272 e. The largest absolute Gasteiger partial charge is 0.348 e. The Morgan fingerprint density at radius 3 is 2.44 bits per heavy atom. The van der Waals surface area contributed by atoms with Gasteiger partial charge in [0.05, 0.1) is 10.9 Å². The van der Waals surface area contributed by atoms with E-state index in [4.69, 9.17) is 4.98 Å². The van der Waals surface area contributed by atoms with Gasteiger partial charge in [-0.2, -0.15) is 5.10 Å². The van der Waals surface area contributed by atoms with Crippen molar-refractivity contribution in [1.29, 1.82) is 0 Å². The molecule has 0 bridgehead atoms. The van der Waals surface area contributed by atoms with E-state index in [-0.39, 0.29) is 11.4 Å². The number of aromatic nitrogens is 3. The van der Waals surface area contributed by atoms with Crippen molar-refractivity contribution in [2.45, 2.75) is 52.1 Å². The van der Waals surface area contributed by atoms with Crippen molar-refractivity contribution < 1.29 is 4.79 Å². The first kappa shape index (κ1) is 17.5. The third-order valence-electron chi connectivity index (χ3n) is 4.62. The van der Waals surface area contributed by atoms with Gasteiger partial charge in [-0.05, 0) is 64.8 Å². The summed E-state index contributed by atoms with van der Waals surface area (Å²) in [5, 5.41) is 11.7. The van der Waals surface area contributed by atoms with Crippen LogP contribution in [-0.2, 0) is 5.54 Å². The number of nitrogens with zero attached hydrogens (tertiary/aromatic N) is 3. The normalized spacial score (nSPS) is 14.4. The minimum absolute atomic E-state index is 0.119. The predicted octanol–water partition coefficient (Wildman–Crippen LogP) is 4.13. The number of hydrogen-bond acceptors (Lipinski definition) is 4. The number of nitrogens with one attached hydrogen (secondary N) is 2. The zero-order valence-electron chi connectivity index (χ0n) is 16.2. The summed E-state index contributed by atoms with van der Waals surface area (Å²) in [5.41, 5.74) is 3.05. The number of carbonyl (C=O) groups excluding carboxylic acids is 1. The van der Waals surface area contributed by atoms with E-state index in [1.165, 1.54) is 5.56 Å². The number of anilines is 2. The van der Waals surface area contributed by atoms with E-state index in [9.17, 15) is 4.79 Å². The number of rotatable bonds is 4. The highest BCUT2D eigenvalue weighted by Crippen LogP contribution is 2.27. The lowest BCUT2D eigenvalue weighted by Crippen LogP contribution is -2.27. The predicted molar refractivity (Wildman–Crippen MR) is 107 cm³/mol. The number of fused-ring (bicyclic) bond motifs is 1. The van der Waals surface area contributed by atoms with Crippen LogP contribution in [0.2, 0.25) is 0 Å². The van der Waals surface area contributed by atoms with Crippen LogP contribution in [0.5, 0.6) is 0 Å². The van der Waals surface area contributed by atoms with E-state index in [0.29, 0.717) is 17.4 Å². The maximum Gasteiger partial charge on any atom is 0.272 e. The lowest BCUT2D eigenvalue weighted by molar-refractivity contribution is 0.0946. The fourth-order valence-corrected chi connectivity index (χ4v) is 2.97. The molecule has 0 radical (unpaired) electrons. The van der Waals surface area contributed by atoms with Gasteiger partial charge in [0.15, 0.2) is 11.3 Å². The van der Waals surface area contributed by atoms with Crippen molar-refractivity contribution >= 4 is 28.4 Å². The number of benzene rings is 1. The maximum absolute atomic E-state index is 12.6. The zero-order chi connectivity index (χ0) is 19.2. The van der Waals surface area contributed by atoms with E-state index in [0.717, 1.165) is 29.7 Å². The molecule has 140 valence electrons. The minimum atomic E-state index is -0.286. The molecule has 0 spiro atoms. The van der Waals surface area contributed by atoms with Gasteiger partial charge in [-0.15, -0.1) is 0 Å². The summed E-state index contributed by atoms with van der Waals surface area (Å²) < 4.78 is 1.84. The summed E-state index contributed by atoms with van der Waals surface area (Å²) in [4.78, 5) is 17.4. The Hall–Kier alpha value is -2.89. The third-order valence-corrected chi connectivity index (χ3v) is 4.62. The van der Waals surface area contributed by atoms with Crippen LogP contribution in [0.1, 0.15) is 49.7 Å². The Balaban J connectivity index is 1.74. The molecule has 0 aliphatic heterocycles. The van der Waals surface area contributed by atoms with Gasteiger partial charge in [0, 0.05) is 11.7 Å². The zero-order valence-corrected chi connectivity index (χ0v) is 16.2. The highest BCUT2D eigenvalue weighted by Gasteiger charge is 2.29. The van der Waals surface area contributed by atoms with Crippen molar-refractivity contribution in [2.75, 3.05) is 5.32 Å². The van der Waals surface area contributed by atoms with Crippen LogP contribution < -0.4 is 10.6 Å². The third kappa shape index (κ3) is 3.65. The molecule has 0 saturated heterocycles. The Kier molecular flexibility index (Phi) is 4.13. The fraction of sp³-hybridized carbons (Fsp3) is 0.381. The summed E-state index contributed by atoms with van der Waals surface area (Å²) in [6, 6.07) is 12.3. The SMILES string of the molecule is Cc1ccc(Nc2ccc3c(C(=O)NC4CC4)nn(C(C)(C)C)c3n2)cc1. The molecule has 1 saturated carbocycles. The lowest BCUT2D eigenvalue weighted by atomic mass is 10.1. The van der Waals surface area contributed by atoms with Gasteiger partial charge in [-0.25, -0.2) is 9.67 Å². The van der Waals surface area contributed by atoms with Gasteiger partial charge in [0.1, 0.15) is 5.82 Å². The molecule has 1 amide bonds. The summed E-state index contributed by atoms with van der Waals surface area (Å²) in [5.74, 6) is 0.609. The Morgan fingerprint density at radius 2 is 1.81 bits per heavy atom. The standard InChI is InChI=1S/C21H25N5O/c1-13-5-7-14(8-6-13)22-17-12-11-16-18(20(27)23-15-9-10-15)25-26(19(16)24-17)21(2,3)4/h5-8,11-12,15H,9-10H2,1-4H3,(H,22,24)(H,23,27). The van der Waals surface area contributed by atoms with Crippen LogP contribution in [0, 0.1) is 6.92 Å². The first-order valence-electron chi connectivity index (χ1n) is 9.36. The molecule has 1 aromatic carbocycles. The lowest BCUT2D eigenvalue weighted by Gasteiger charge is -2.20. The van der Waals surface area contributed by atoms with Crippen molar-refractivity contribution in [1.82, 2.24) is 20.1 Å². The molecule has 3 aromatic rings. The van der Waals surface area contributed by atoms with Crippen LogP contribution in [0.25, 0.3) is 11.0 Å². The minimum Gasteiger partial charge on any atom is -0.348 e. The monoisotopic (exact) mass is 363 g/mol. The first-order valence-corrected chi connectivity index (χ1v) is 9.36. The van der Waals surface area contributed by atoms with Gasteiger partial charge >= 0.3 is 0 Å². The number of hydrogen-bond donors (Lipinski definition) is 2. The van der Waals surface area contributed by atoms with E-state index in [2.05, 4.69) is 55.6 Å². The molecule has 0 atom stereocenters. The molecule has 2 N–H and O–H groups in total. The summed E-state index contributed by atoms with van der Waals surface area (Å²) in [6.45, 7) is 8.24. The van der Waals surface area contributed by atoms with Crippen LogP contribution in [0.3, 0.4) is 0 Å². The molecule has 1 fully saturated rings. The Bertz CT molecular complexity index is 994. The van der Waals surface area contributed by atoms with Gasteiger partial charge in [0.2, 0.25) is 0 Å². The molecule has 0 unspecified atom stereocenters. The Morgan fingerprint density at radius 1 is 1.11 bits per heavy atom. The van der Waals surface area contributed by atoms with Crippen molar-refractivity contribution in [3.05, 3.63) is 47.7 Å². The molecule has 2 aromatic heterocycles. The summed E-state index contributed by atoms with van der Waals surface area (Å²) >= 11 is 0. The topological polar surface area (TPSA) is 71.8 Å². The van der Waals surface area contributed by atoms with E-state index >= 15 is 0 Å². The second kappa shape index (κ2) is 6.37. The van der Waals surface area contributed by atoms with Crippen molar-refractivity contribution in [3.8, 4) is 0 Å². The van der Waals surface area contributed by atoms with Crippen LogP contribution in [0.4, 0.5) is 11.5 Å². The van der Waals surface area contributed by atoms with Crippen molar-refractivity contribution in [2.24, 2.45) is 0 Å². The molecule has 2 heterocycles. The molecule has 6 nitrogen and oxygen atoms in total. The van der Waals surface area contributed by atoms with Crippen LogP contribution >= 0.6 is 0 Å². The fourth-order valence-electron chi connectivity index (χ4n) is 2.97. The molecule has 6 heteroatoms. The maximum atomic E-state index is 12.6. The van der Waals surface area contributed by atoms with E-state index in [1.807, 2.05) is 28.9 Å². The van der Waals surface area contributed by atoms with Gasteiger partial charge in [0.25, 0.3) is 5.91 Å². The number of carbonyl (C=O) groups is 1. The van der Waals surface area contributed by atoms with E-state index < -0.39 is 0 Å². The molecule has 27 heavy (non-hydrogen) atoms.